The van der Waals surface area contributed by atoms with Crippen LogP contribution in [0.15, 0.2) is 186 Å². The van der Waals surface area contributed by atoms with Crippen molar-refractivity contribution in [1.29, 1.82) is 0 Å². The van der Waals surface area contributed by atoms with Crippen LogP contribution in [0.1, 0.15) is 0 Å². The number of para-hydroxylation sites is 2. The molecule has 55 heavy (non-hydrogen) atoms. The minimum Gasteiger partial charge on any atom is -0.456 e. The van der Waals surface area contributed by atoms with Gasteiger partial charge < -0.3 is 13.6 Å². The van der Waals surface area contributed by atoms with Gasteiger partial charge in [0.05, 0.1) is 22.1 Å². The second-order valence-corrected chi connectivity index (χ2v) is 14.9. The summed E-state index contributed by atoms with van der Waals surface area (Å²) in [6, 6.07) is 66.5. The second-order valence-electron chi connectivity index (χ2n) is 14.9. The topological polar surface area (TPSA) is 23.0 Å². The Labute approximate surface area is 315 Å². The Kier molecular flexibility index (Phi) is 5.63. The predicted octanol–water partition coefficient (Wildman–Crippen LogP) is 14.2. The van der Waals surface area contributed by atoms with Crippen molar-refractivity contribution in [3.63, 3.8) is 0 Å². The minimum absolute atomic E-state index is 0.896. The minimum atomic E-state index is 0.896. The van der Waals surface area contributed by atoms with Crippen molar-refractivity contribution >= 4 is 76.3 Å². The molecule has 3 heterocycles. The lowest BCUT2D eigenvalue weighted by Crippen LogP contribution is -1.96. The molecule has 0 radical (unpaired) electrons. The van der Waals surface area contributed by atoms with E-state index < -0.39 is 0 Å². The van der Waals surface area contributed by atoms with Gasteiger partial charge >= 0.3 is 0 Å². The summed E-state index contributed by atoms with van der Waals surface area (Å²) >= 11 is 0. The molecular formula is C52H30N2O. The highest BCUT2D eigenvalue weighted by Gasteiger charge is 2.25. The van der Waals surface area contributed by atoms with Gasteiger partial charge in [-0.05, 0) is 98.8 Å². The molecule has 0 fully saturated rings. The highest BCUT2D eigenvalue weighted by Crippen LogP contribution is 2.49. The van der Waals surface area contributed by atoms with Crippen LogP contribution in [0.5, 0.6) is 0 Å². The summed E-state index contributed by atoms with van der Waals surface area (Å²) < 4.78 is 11.5. The predicted molar refractivity (Wildman–Crippen MR) is 230 cm³/mol. The van der Waals surface area contributed by atoms with Gasteiger partial charge in [-0.2, -0.15) is 0 Å². The zero-order chi connectivity index (χ0) is 35.8. The van der Waals surface area contributed by atoms with E-state index in [4.69, 9.17) is 4.42 Å². The molecule has 0 unspecified atom stereocenters. The first-order valence-electron chi connectivity index (χ1n) is 18.9. The van der Waals surface area contributed by atoms with Gasteiger partial charge in [0.2, 0.25) is 0 Å². The van der Waals surface area contributed by atoms with Crippen LogP contribution >= 0.6 is 0 Å². The van der Waals surface area contributed by atoms with E-state index in [1.54, 1.807) is 0 Å². The fourth-order valence-corrected chi connectivity index (χ4v) is 9.71. The van der Waals surface area contributed by atoms with Gasteiger partial charge in [-0.1, -0.05) is 121 Å². The molecule has 3 aromatic heterocycles. The molecule has 0 saturated carbocycles. The lowest BCUT2D eigenvalue weighted by molar-refractivity contribution is 0.669. The van der Waals surface area contributed by atoms with Gasteiger partial charge in [0.15, 0.2) is 0 Å². The van der Waals surface area contributed by atoms with Crippen LogP contribution in [-0.4, -0.2) is 9.13 Å². The van der Waals surface area contributed by atoms with Crippen molar-refractivity contribution in [1.82, 2.24) is 9.13 Å². The molecule has 13 rings (SSSR count). The first kappa shape index (κ1) is 29.1. The molecule has 3 heteroatoms. The average molecular weight is 699 g/mol. The van der Waals surface area contributed by atoms with E-state index in [0.29, 0.717) is 0 Å². The molecule has 0 amide bonds. The lowest BCUT2D eigenvalue weighted by Gasteiger charge is -2.12. The monoisotopic (exact) mass is 698 g/mol. The summed E-state index contributed by atoms with van der Waals surface area (Å²) in [6.07, 6.45) is 0. The Bertz CT molecular complexity index is 3590. The van der Waals surface area contributed by atoms with Crippen LogP contribution in [0, 0.1) is 0 Å². The van der Waals surface area contributed by atoms with E-state index in [9.17, 15) is 0 Å². The molecule has 3 nitrogen and oxygen atoms in total. The normalized spacial score (nSPS) is 12.4. The third-order valence-electron chi connectivity index (χ3n) is 12.0. The summed E-state index contributed by atoms with van der Waals surface area (Å²) in [5.41, 5.74) is 16.4. The molecule has 0 aliphatic heterocycles. The first-order chi connectivity index (χ1) is 27.3. The highest BCUT2D eigenvalue weighted by molar-refractivity contribution is 6.30. The van der Waals surface area contributed by atoms with Gasteiger partial charge in [0, 0.05) is 49.8 Å². The van der Waals surface area contributed by atoms with Crippen LogP contribution in [-0.2, 0) is 0 Å². The van der Waals surface area contributed by atoms with E-state index >= 15 is 0 Å². The van der Waals surface area contributed by atoms with Crippen molar-refractivity contribution in [3.05, 3.63) is 182 Å². The molecule has 12 aromatic rings. The standard InChI is InChI=1S/C52H30N2O/c1-2-11-31(12-3-1)33-15-8-16-34(27-33)53-44-21-6-4-18-40(44)51-45(53)25-26-46-52(51)43-29-42-37-17-5-7-22-48(37)55-49(42)30-47(43)54(46)35-23-24-36-38-19-9-13-32-14-10-20-39(50(32)38)41(36)28-35/h1-30H. The number of fused-ring (bicyclic) bond motifs is 13. The molecular weight excluding hydrogens is 669 g/mol. The van der Waals surface area contributed by atoms with Crippen molar-refractivity contribution in [2.24, 2.45) is 0 Å². The Hall–Kier alpha value is -7.36. The fourth-order valence-electron chi connectivity index (χ4n) is 9.71. The quantitative estimate of drug-likeness (QED) is 0.180. The zero-order valence-electron chi connectivity index (χ0n) is 29.6. The summed E-state index contributed by atoms with van der Waals surface area (Å²) in [7, 11) is 0. The van der Waals surface area contributed by atoms with Crippen molar-refractivity contribution < 1.29 is 4.42 Å². The second kappa shape index (κ2) is 10.6. The SMILES string of the molecule is c1ccc(-c2cccc(-n3c4ccccc4c4c5c6cc7c(cc6n(-c6ccc8c(c6)-c6cccc9cccc-8c69)c5ccc43)oc3ccccc37)c2)cc1. The summed E-state index contributed by atoms with van der Waals surface area (Å²) in [6.45, 7) is 0. The third-order valence-corrected chi connectivity index (χ3v) is 12.0. The van der Waals surface area contributed by atoms with Gasteiger partial charge in [0.25, 0.3) is 0 Å². The molecule has 9 aromatic carbocycles. The van der Waals surface area contributed by atoms with Gasteiger partial charge in [-0.15, -0.1) is 0 Å². The average Bonchev–Trinajstić information content (AvgIpc) is 3.97. The van der Waals surface area contributed by atoms with Crippen molar-refractivity contribution in [3.8, 4) is 44.8 Å². The molecule has 0 atom stereocenters. The lowest BCUT2D eigenvalue weighted by atomic mass is 10.0. The summed E-state index contributed by atoms with van der Waals surface area (Å²) in [5.74, 6) is 0. The largest absolute Gasteiger partial charge is 0.456 e. The van der Waals surface area contributed by atoms with E-state index in [-0.39, 0.29) is 0 Å². The first-order valence-corrected chi connectivity index (χ1v) is 18.9. The molecule has 1 aliphatic rings. The fraction of sp³-hybridized carbons (Fsp3) is 0. The van der Waals surface area contributed by atoms with Gasteiger partial charge in [-0.25, -0.2) is 0 Å². The van der Waals surface area contributed by atoms with Crippen LogP contribution in [0.4, 0.5) is 0 Å². The Morgan fingerprint density at radius 2 is 0.982 bits per heavy atom. The van der Waals surface area contributed by atoms with E-state index in [1.807, 2.05) is 6.07 Å². The Morgan fingerprint density at radius 1 is 0.309 bits per heavy atom. The number of aromatic nitrogens is 2. The number of furan rings is 1. The Balaban J connectivity index is 1.15. The van der Waals surface area contributed by atoms with Crippen LogP contribution in [0.2, 0.25) is 0 Å². The number of hydrogen-bond donors (Lipinski definition) is 0. The number of hydrogen-bond acceptors (Lipinski definition) is 1. The number of nitrogens with zero attached hydrogens (tertiary/aromatic N) is 2. The van der Waals surface area contributed by atoms with Crippen LogP contribution in [0.3, 0.4) is 0 Å². The zero-order valence-corrected chi connectivity index (χ0v) is 29.6. The van der Waals surface area contributed by atoms with Gasteiger partial charge in [0.1, 0.15) is 11.2 Å². The van der Waals surface area contributed by atoms with Crippen LogP contribution in [0.25, 0.3) is 121 Å². The number of benzene rings is 9. The Morgan fingerprint density at radius 3 is 1.84 bits per heavy atom. The molecule has 1 aliphatic carbocycles. The summed E-state index contributed by atoms with van der Waals surface area (Å²) in [4.78, 5) is 0. The number of rotatable bonds is 3. The smallest absolute Gasteiger partial charge is 0.137 e. The highest BCUT2D eigenvalue weighted by atomic mass is 16.3. The molecule has 0 saturated heterocycles. The van der Waals surface area contributed by atoms with Crippen molar-refractivity contribution in [2.75, 3.05) is 0 Å². The maximum atomic E-state index is 6.55. The molecule has 0 spiro atoms. The maximum Gasteiger partial charge on any atom is 0.137 e. The molecule has 0 N–H and O–H groups in total. The van der Waals surface area contributed by atoms with Crippen LogP contribution < -0.4 is 0 Å². The van der Waals surface area contributed by atoms with Gasteiger partial charge in [-0.3, -0.25) is 0 Å². The molecule has 254 valence electrons. The van der Waals surface area contributed by atoms with E-state index in [2.05, 4.69) is 185 Å². The van der Waals surface area contributed by atoms with E-state index in [0.717, 1.165) is 38.8 Å². The third kappa shape index (κ3) is 3.89. The summed E-state index contributed by atoms with van der Waals surface area (Å²) in [5, 5.41) is 9.85. The van der Waals surface area contributed by atoms with E-state index in [1.165, 1.54) is 82.2 Å². The van der Waals surface area contributed by atoms with Crippen molar-refractivity contribution in [2.45, 2.75) is 0 Å². The maximum absolute atomic E-state index is 6.55. The molecule has 0 bridgehead atoms.